The van der Waals surface area contributed by atoms with Crippen molar-refractivity contribution in [1.29, 1.82) is 0 Å². The molecule has 0 fully saturated rings. The third-order valence-corrected chi connectivity index (χ3v) is 5.57. The number of nitrogens with zero attached hydrogens (tertiary/aromatic N) is 1. The van der Waals surface area contributed by atoms with Crippen molar-refractivity contribution in [3.8, 4) is 5.75 Å². The van der Waals surface area contributed by atoms with E-state index in [0.29, 0.717) is 39.5 Å². The van der Waals surface area contributed by atoms with Crippen molar-refractivity contribution in [3.05, 3.63) is 56.4 Å². The predicted molar refractivity (Wildman–Crippen MR) is 96.5 cm³/mol. The monoisotopic (exact) mass is 355 g/mol. The summed E-state index contributed by atoms with van der Waals surface area (Å²) in [6, 6.07) is 7.62. The molecule has 1 aromatic carbocycles. The molecule has 0 spiro atoms. The Bertz CT molecular complexity index is 1040. The fourth-order valence-electron chi connectivity index (χ4n) is 3.18. The Morgan fingerprint density at radius 3 is 3.00 bits per heavy atom. The van der Waals surface area contributed by atoms with Crippen molar-refractivity contribution in [1.82, 2.24) is 15.3 Å². The van der Waals surface area contributed by atoms with Gasteiger partial charge in [-0.25, -0.2) is 4.98 Å². The second-order valence-corrected chi connectivity index (χ2v) is 7.09. The number of ether oxygens (including phenoxy) is 1. The van der Waals surface area contributed by atoms with Crippen molar-refractivity contribution in [3.63, 3.8) is 0 Å². The van der Waals surface area contributed by atoms with E-state index in [1.165, 1.54) is 11.3 Å². The summed E-state index contributed by atoms with van der Waals surface area (Å²) in [4.78, 5) is 33.2. The van der Waals surface area contributed by atoms with E-state index in [4.69, 9.17) is 4.74 Å². The van der Waals surface area contributed by atoms with Crippen LogP contribution in [0.4, 0.5) is 0 Å². The third-order valence-electron chi connectivity index (χ3n) is 4.39. The maximum absolute atomic E-state index is 12.8. The van der Waals surface area contributed by atoms with E-state index in [1.54, 1.807) is 13.8 Å². The van der Waals surface area contributed by atoms with Gasteiger partial charge < -0.3 is 15.0 Å². The van der Waals surface area contributed by atoms with Crippen LogP contribution < -0.4 is 15.6 Å². The van der Waals surface area contributed by atoms with Gasteiger partial charge in [0.05, 0.1) is 22.9 Å². The highest BCUT2D eigenvalue weighted by atomic mass is 32.1. The fraction of sp³-hybridized carbons (Fsp3) is 0.278. The number of thiophene rings is 1. The summed E-state index contributed by atoms with van der Waals surface area (Å²) in [5.74, 6) is 1.17. The molecule has 1 aliphatic heterocycles. The quantitative estimate of drug-likeness (QED) is 0.740. The van der Waals surface area contributed by atoms with Gasteiger partial charge in [0.15, 0.2) is 0 Å². The molecule has 0 aliphatic carbocycles. The first-order valence-electron chi connectivity index (χ1n) is 8.07. The summed E-state index contributed by atoms with van der Waals surface area (Å²) >= 11 is 1.26. The zero-order valence-corrected chi connectivity index (χ0v) is 14.7. The number of aromatic amines is 1. The molecular weight excluding hydrogens is 338 g/mol. The van der Waals surface area contributed by atoms with Gasteiger partial charge >= 0.3 is 0 Å². The summed E-state index contributed by atoms with van der Waals surface area (Å²) < 4.78 is 5.64. The second-order valence-electron chi connectivity index (χ2n) is 6.09. The van der Waals surface area contributed by atoms with Crippen molar-refractivity contribution in [2.24, 2.45) is 0 Å². The Hall–Kier alpha value is -2.67. The maximum Gasteiger partial charge on any atom is 0.262 e. The molecule has 25 heavy (non-hydrogen) atoms. The van der Waals surface area contributed by atoms with Crippen LogP contribution in [-0.2, 0) is 0 Å². The second kappa shape index (κ2) is 6.00. The Labute approximate surface area is 147 Å². The Balaban J connectivity index is 1.69. The topological polar surface area (TPSA) is 84.1 Å². The molecular formula is C18H17N3O3S. The lowest BCUT2D eigenvalue weighted by Gasteiger charge is -2.26. The lowest BCUT2D eigenvalue weighted by molar-refractivity contribution is 0.0928. The van der Waals surface area contributed by atoms with Gasteiger partial charge in [-0.2, -0.15) is 0 Å². The first-order chi connectivity index (χ1) is 12.0. The molecule has 0 saturated heterocycles. The molecule has 0 unspecified atom stereocenters. The van der Waals surface area contributed by atoms with Crippen LogP contribution in [-0.4, -0.2) is 22.5 Å². The largest absolute Gasteiger partial charge is 0.493 e. The van der Waals surface area contributed by atoms with Crippen molar-refractivity contribution in [2.45, 2.75) is 26.3 Å². The average Bonchev–Trinajstić information content (AvgIpc) is 2.92. The van der Waals surface area contributed by atoms with Crippen molar-refractivity contribution >= 4 is 27.5 Å². The van der Waals surface area contributed by atoms with Crippen LogP contribution in [0, 0.1) is 13.8 Å². The van der Waals surface area contributed by atoms with Gasteiger partial charge in [0.2, 0.25) is 0 Å². The van der Waals surface area contributed by atoms with Gasteiger partial charge in [-0.1, -0.05) is 18.2 Å². The number of rotatable bonds is 2. The molecule has 3 aromatic rings. The standard InChI is InChI=1S/C18H17N3O3S/c1-9-14-16(22)19-10(2)20-18(14)25-15(9)17(23)21-12-7-8-24-13-6-4-3-5-11(12)13/h3-6,12H,7-8H2,1-2H3,(H,21,23)(H,19,20,22)/t12-/m0/s1. The average molecular weight is 355 g/mol. The number of fused-ring (bicyclic) bond motifs is 2. The molecule has 0 radical (unpaired) electrons. The SMILES string of the molecule is Cc1nc2sc(C(=O)N[C@H]3CCOc4ccccc43)c(C)c2c(=O)[nH]1. The fourth-order valence-corrected chi connectivity index (χ4v) is 4.31. The zero-order valence-electron chi connectivity index (χ0n) is 13.9. The van der Waals surface area contributed by atoms with Crippen LogP contribution in [0.25, 0.3) is 10.2 Å². The van der Waals surface area contributed by atoms with Crippen LogP contribution in [0.15, 0.2) is 29.1 Å². The molecule has 1 amide bonds. The minimum absolute atomic E-state index is 0.102. The molecule has 1 aliphatic rings. The Morgan fingerprint density at radius 2 is 2.16 bits per heavy atom. The number of hydrogen-bond acceptors (Lipinski definition) is 5. The zero-order chi connectivity index (χ0) is 17.6. The molecule has 6 nitrogen and oxygen atoms in total. The summed E-state index contributed by atoms with van der Waals surface area (Å²) in [5, 5.41) is 3.57. The van der Waals surface area contributed by atoms with E-state index in [-0.39, 0.29) is 17.5 Å². The first kappa shape index (κ1) is 15.8. The minimum atomic E-state index is -0.202. The molecule has 4 rings (SSSR count). The number of para-hydroxylation sites is 1. The lowest BCUT2D eigenvalue weighted by Crippen LogP contribution is -2.32. The van der Waals surface area contributed by atoms with Crippen LogP contribution in [0.3, 0.4) is 0 Å². The predicted octanol–water partition coefficient (Wildman–Crippen LogP) is 2.86. The number of hydrogen-bond donors (Lipinski definition) is 2. The van der Waals surface area contributed by atoms with E-state index in [9.17, 15) is 9.59 Å². The van der Waals surface area contributed by atoms with Crippen LogP contribution in [0.1, 0.15) is 39.1 Å². The summed E-state index contributed by atoms with van der Waals surface area (Å²) in [7, 11) is 0. The summed E-state index contributed by atoms with van der Waals surface area (Å²) in [6.07, 6.45) is 0.713. The molecule has 3 heterocycles. The molecule has 2 aromatic heterocycles. The number of carbonyl (C=O) groups excluding carboxylic acids is 1. The molecule has 2 N–H and O–H groups in total. The van der Waals surface area contributed by atoms with Gasteiger partial charge in [0.1, 0.15) is 16.4 Å². The number of aryl methyl sites for hydroxylation is 2. The van der Waals surface area contributed by atoms with E-state index >= 15 is 0 Å². The van der Waals surface area contributed by atoms with E-state index in [0.717, 1.165) is 11.3 Å². The van der Waals surface area contributed by atoms with Gasteiger partial charge in [-0.05, 0) is 25.5 Å². The first-order valence-corrected chi connectivity index (χ1v) is 8.89. The number of aromatic nitrogens is 2. The minimum Gasteiger partial charge on any atom is -0.493 e. The molecule has 0 bridgehead atoms. The van der Waals surface area contributed by atoms with E-state index < -0.39 is 0 Å². The van der Waals surface area contributed by atoms with Gasteiger partial charge in [-0.3, -0.25) is 9.59 Å². The van der Waals surface area contributed by atoms with Gasteiger partial charge in [-0.15, -0.1) is 11.3 Å². The Morgan fingerprint density at radius 1 is 1.36 bits per heavy atom. The van der Waals surface area contributed by atoms with Crippen molar-refractivity contribution < 1.29 is 9.53 Å². The number of carbonyl (C=O) groups is 1. The normalized spacial score (nSPS) is 16.3. The molecule has 128 valence electrons. The lowest BCUT2D eigenvalue weighted by atomic mass is 10.0. The van der Waals surface area contributed by atoms with Crippen LogP contribution in [0.5, 0.6) is 5.75 Å². The third kappa shape index (κ3) is 2.70. The molecule has 1 atom stereocenters. The Kier molecular flexibility index (Phi) is 3.80. The van der Waals surface area contributed by atoms with Gasteiger partial charge in [0.25, 0.3) is 11.5 Å². The van der Waals surface area contributed by atoms with Crippen molar-refractivity contribution in [2.75, 3.05) is 6.61 Å². The van der Waals surface area contributed by atoms with E-state index in [1.807, 2.05) is 24.3 Å². The molecule has 0 saturated carbocycles. The van der Waals surface area contributed by atoms with Crippen LogP contribution in [0.2, 0.25) is 0 Å². The highest BCUT2D eigenvalue weighted by molar-refractivity contribution is 7.20. The highest BCUT2D eigenvalue weighted by Gasteiger charge is 2.25. The summed E-state index contributed by atoms with van der Waals surface area (Å²) in [5.41, 5.74) is 1.45. The smallest absolute Gasteiger partial charge is 0.262 e. The maximum atomic E-state index is 12.8. The summed E-state index contributed by atoms with van der Waals surface area (Å²) in [6.45, 7) is 4.08. The highest BCUT2D eigenvalue weighted by Crippen LogP contribution is 2.33. The molecule has 7 heteroatoms. The van der Waals surface area contributed by atoms with Crippen LogP contribution >= 0.6 is 11.3 Å². The van der Waals surface area contributed by atoms with E-state index in [2.05, 4.69) is 15.3 Å². The number of nitrogens with one attached hydrogen (secondary N) is 2. The number of H-pyrrole nitrogens is 1. The van der Waals surface area contributed by atoms with Gasteiger partial charge in [0, 0.05) is 12.0 Å². The number of amides is 1. The number of benzene rings is 1.